The summed E-state index contributed by atoms with van der Waals surface area (Å²) in [5, 5.41) is 9.95. The van der Waals surface area contributed by atoms with Gasteiger partial charge >= 0.3 is 0 Å². The summed E-state index contributed by atoms with van der Waals surface area (Å²) in [6.07, 6.45) is 4.82. The predicted octanol–water partition coefficient (Wildman–Crippen LogP) is 7.13. The number of hydrogen-bond acceptors (Lipinski definition) is 5. The van der Waals surface area contributed by atoms with Crippen LogP contribution in [0.25, 0.3) is 11.1 Å². The van der Waals surface area contributed by atoms with Crippen LogP contribution in [-0.2, 0) is 16.1 Å². The van der Waals surface area contributed by atoms with Crippen molar-refractivity contribution in [1.29, 1.82) is 0 Å². The molecular formula is C34H35FN4O3. The number of carbonyl (C=O) groups is 2. The number of hydrazine groups is 1. The van der Waals surface area contributed by atoms with E-state index in [4.69, 9.17) is 4.74 Å². The molecular weight excluding hydrogens is 531 g/mol. The molecule has 2 aliphatic heterocycles. The lowest BCUT2D eigenvalue weighted by atomic mass is 9.91. The normalized spacial score (nSPS) is 18.6. The van der Waals surface area contributed by atoms with Crippen molar-refractivity contribution in [2.75, 3.05) is 27.8 Å². The zero-order valence-electron chi connectivity index (χ0n) is 24.8. The monoisotopic (exact) mass is 566 g/mol. The van der Waals surface area contributed by atoms with Crippen LogP contribution >= 0.6 is 0 Å². The molecule has 1 aliphatic carbocycles. The van der Waals surface area contributed by atoms with Crippen LogP contribution in [0.3, 0.4) is 0 Å². The lowest BCUT2D eigenvalue weighted by molar-refractivity contribution is -0.122. The highest BCUT2D eigenvalue weighted by Crippen LogP contribution is 2.50. The van der Waals surface area contributed by atoms with Gasteiger partial charge in [0.1, 0.15) is 17.1 Å². The molecule has 0 radical (unpaired) electrons. The maximum absolute atomic E-state index is 14.4. The lowest BCUT2D eigenvalue weighted by Crippen LogP contribution is -2.57. The van der Waals surface area contributed by atoms with Crippen LogP contribution in [-0.4, -0.2) is 24.5 Å². The summed E-state index contributed by atoms with van der Waals surface area (Å²) in [4.78, 5) is 26.9. The average Bonchev–Trinajstić information content (AvgIpc) is 3.34. The topological polar surface area (TPSA) is 73.9 Å². The van der Waals surface area contributed by atoms with E-state index in [9.17, 15) is 14.0 Å². The molecule has 42 heavy (non-hydrogen) atoms. The van der Waals surface area contributed by atoms with Gasteiger partial charge in [0.05, 0.1) is 30.7 Å². The number of amides is 2. The summed E-state index contributed by atoms with van der Waals surface area (Å²) < 4.78 is 20.3. The SMILES string of the molecule is COc1cc(NC(=O)C2=C(C)CC(C)C=C2)ccc1-c1ccc2c3c1CN(c1cc(F)ccc1C)N3C(=O)C(C)(C)N2. The molecule has 3 aromatic rings. The molecule has 6 rings (SSSR count). The van der Waals surface area contributed by atoms with Crippen molar-refractivity contribution in [2.24, 2.45) is 5.92 Å². The highest BCUT2D eigenvalue weighted by Gasteiger charge is 2.47. The van der Waals surface area contributed by atoms with E-state index >= 15 is 0 Å². The van der Waals surface area contributed by atoms with E-state index in [-0.39, 0.29) is 17.6 Å². The summed E-state index contributed by atoms with van der Waals surface area (Å²) >= 11 is 0. The maximum Gasteiger partial charge on any atom is 0.270 e. The van der Waals surface area contributed by atoms with Crippen LogP contribution in [0.15, 0.2) is 71.8 Å². The minimum Gasteiger partial charge on any atom is -0.496 e. The molecule has 8 heteroatoms. The number of carbonyl (C=O) groups excluding carboxylic acids is 2. The Balaban J connectivity index is 1.41. The van der Waals surface area contributed by atoms with Gasteiger partial charge in [-0.1, -0.05) is 36.8 Å². The molecule has 0 aromatic heterocycles. The van der Waals surface area contributed by atoms with E-state index < -0.39 is 5.54 Å². The van der Waals surface area contributed by atoms with Crippen molar-refractivity contribution < 1.29 is 18.7 Å². The molecule has 2 amide bonds. The highest BCUT2D eigenvalue weighted by molar-refractivity contribution is 6.12. The van der Waals surface area contributed by atoms with Crippen molar-refractivity contribution in [2.45, 2.75) is 53.1 Å². The van der Waals surface area contributed by atoms with E-state index in [1.54, 1.807) is 18.2 Å². The highest BCUT2D eigenvalue weighted by atomic mass is 19.1. The number of methoxy groups -OCH3 is 1. The van der Waals surface area contributed by atoms with Gasteiger partial charge in [0.2, 0.25) is 0 Å². The molecule has 3 aliphatic rings. The molecule has 0 saturated carbocycles. The van der Waals surface area contributed by atoms with E-state index in [2.05, 4.69) is 23.6 Å². The first kappa shape index (κ1) is 27.6. The number of anilines is 4. The van der Waals surface area contributed by atoms with Gasteiger partial charge in [0, 0.05) is 28.5 Å². The number of halogens is 1. The fourth-order valence-corrected chi connectivity index (χ4v) is 6.18. The van der Waals surface area contributed by atoms with Crippen molar-refractivity contribution in [1.82, 2.24) is 0 Å². The molecule has 2 N–H and O–H groups in total. The number of nitrogens with one attached hydrogen (secondary N) is 2. The first-order valence-electron chi connectivity index (χ1n) is 14.2. The number of nitrogens with zero attached hydrogens (tertiary/aromatic N) is 2. The third-order valence-electron chi connectivity index (χ3n) is 8.34. The lowest BCUT2D eigenvalue weighted by Gasteiger charge is -2.41. The number of allylic oxidation sites excluding steroid dienone is 2. The summed E-state index contributed by atoms with van der Waals surface area (Å²) in [7, 11) is 1.60. The molecule has 0 saturated heterocycles. The van der Waals surface area contributed by atoms with Gasteiger partial charge in [-0.15, -0.1) is 0 Å². The fraction of sp³-hybridized carbons (Fsp3) is 0.294. The maximum atomic E-state index is 14.4. The summed E-state index contributed by atoms with van der Waals surface area (Å²) in [6.45, 7) is 10.1. The third-order valence-corrected chi connectivity index (χ3v) is 8.34. The van der Waals surface area contributed by atoms with Crippen molar-refractivity contribution in [3.05, 3.63) is 88.8 Å². The minimum absolute atomic E-state index is 0.129. The van der Waals surface area contributed by atoms with Crippen molar-refractivity contribution >= 4 is 34.6 Å². The zero-order chi connectivity index (χ0) is 29.9. The minimum atomic E-state index is -0.855. The van der Waals surface area contributed by atoms with Gasteiger partial charge < -0.3 is 15.4 Å². The Labute approximate surface area is 245 Å². The van der Waals surface area contributed by atoms with Gasteiger partial charge in [0.25, 0.3) is 11.8 Å². The second-order valence-electron chi connectivity index (χ2n) is 11.9. The van der Waals surface area contributed by atoms with Crippen LogP contribution in [0, 0.1) is 18.7 Å². The number of ether oxygens (including phenoxy) is 1. The molecule has 1 atom stereocenters. The van der Waals surface area contributed by atoms with Crippen LogP contribution in [0.5, 0.6) is 5.75 Å². The third kappa shape index (κ3) is 4.51. The molecule has 0 spiro atoms. The standard InChI is InChI=1S/C34H35FN4O3/c1-19-7-11-24(21(3)15-19)32(40)36-23-10-12-26(30(17-23)42-6)25-13-14-28-31-27(25)18-38(29-16-22(35)9-8-20(29)2)39(31)33(41)34(4,5)37-28/h7-14,16-17,19,37H,15,18H2,1-6H3,(H,36,40). The molecule has 7 nitrogen and oxygen atoms in total. The largest absolute Gasteiger partial charge is 0.496 e. The molecule has 0 fully saturated rings. The first-order chi connectivity index (χ1) is 20.0. The number of aryl methyl sites for hydroxylation is 1. The summed E-state index contributed by atoms with van der Waals surface area (Å²) in [6, 6.07) is 14.2. The number of benzene rings is 3. The fourth-order valence-electron chi connectivity index (χ4n) is 6.18. The van der Waals surface area contributed by atoms with E-state index in [1.807, 2.05) is 69.1 Å². The van der Waals surface area contributed by atoms with Crippen LogP contribution in [0.2, 0.25) is 0 Å². The van der Waals surface area contributed by atoms with Gasteiger partial charge in [-0.25, -0.2) is 9.40 Å². The Morgan fingerprint density at radius 3 is 2.60 bits per heavy atom. The van der Waals surface area contributed by atoms with E-state index in [0.717, 1.165) is 45.6 Å². The van der Waals surface area contributed by atoms with Crippen molar-refractivity contribution in [3.63, 3.8) is 0 Å². The van der Waals surface area contributed by atoms with Gasteiger partial charge in [-0.2, -0.15) is 0 Å². The van der Waals surface area contributed by atoms with Gasteiger partial charge in [-0.05, 0) is 81.5 Å². The molecule has 0 bridgehead atoms. The Hall–Kier alpha value is -4.59. The second kappa shape index (κ2) is 10.0. The first-order valence-corrected chi connectivity index (χ1v) is 14.2. The summed E-state index contributed by atoms with van der Waals surface area (Å²) in [5.41, 5.74) is 7.24. The quantitative estimate of drug-likeness (QED) is 0.344. The average molecular weight is 567 g/mol. The molecule has 3 aromatic carbocycles. The smallest absolute Gasteiger partial charge is 0.270 e. The molecule has 1 unspecified atom stereocenters. The van der Waals surface area contributed by atoms with Crippen LogP contribution in [0.4, 0.5) is 27.1 Å². The Bertz CT molecular complexity index is 1710. The summed E-state index contributed by atoms with van der Waals surface area (Å²) in [5.74, 6) is 0.363. The van der Waals surface area contributed by atoms with E-state index in [1.165, 1.54) is 12.1 Å². The zero-order valence-corrected chi connectivity index (χ0v) is 24.8. The van der Waals surface area contributed by atoms with E-state index in [0.29, 0.717) is 35.2 Å². The molecule has 2 heterocycles. The predicted molar refractivity (Wildman–Crippen MR) is 165 cm³/mol. The second-order valence-corrected chi connectivity index (χ2v) is 11.9. The number of rotatable bonds is 5. The van der Waals surface area contributed by atoms with Crippen LogP contribution in [0.1, 0.15) is 45.2 Å². The van der Waals surface area contributed by atoms with Crippen LogP contribution < -0.4 is 25.4 Å². The Morgan fingerprint density at radius 2 is 1.86 bits per heavy atom. The van der Waals surface area contributed by atoms with Gasteiger partial charge in [0.15, 0.2) is 0 Å². The van der Waals surface area contributed by atoms with Gasteiger partial charge in [-0.3, -0.25) is 14.6 Å². The number of hydrogen-bond donors (Lipinski definition) is 2. The molecule has 216 valence electrons. The Kier molecular flexibility index (Phi) is 6.60. The van der Waals surface area contributed by atoms with Crippen molar-refractivity contribution in [3.8, 4) is 16.9 Å². The Morgan fingerprint density at radius 1 is 1.10 bits per heavy atom.